The first-order valence-corrected chi connectivity index (χ1v) is 10.5. The smallest absolute Gasteiger partial charge is 0.273 e. The summed E-state index contributed by atoms with van der Waals surface area (Å²) < 4.78 is 24.5. The van der Waals surface area contributed by atoms with E-state index in [1.807, 2.05) is 30.3 Å². The second kappa shape index (κ2) is 6.90. The Morgan fingerprint density at radius 3 is 2.52 bits per heavy atom. The van der Waals surface area contributed by atoms with Crippen LogP contribution >= 0.6 is 22.9 Å². The summed E-state index contributed by atoms with van der Waals surface area (Å²) in [5.41, 5.74) is 3.06. The van der Waals surface area contributed by atoms with E-state index in [-0.39, 0.29) is 4.90 Å². The van der Waals surface area contributed by atoms with Crippen molar-refractivity contribution in [3.63, 3.8) is 0 Å². The van der Waals surface area contributed by atoms with Gasteiger partial charge in [0, 0.05) is 15.8 Å². The van der Waals surface area contributed by atoms with Crippen molar-refractivity contribution in [2.75, 3.05) is 0 Å². The van der Waals surface area contributed by atoms with Crippen LogP contribution in [0.2, 0.25) is 5.02 Å². The van der Waals surface area contributed by atoms with Crippen molar-refractivity contribution in [2.45, 2.75) is 4.90 Å². The van der Waals surface area contributed by atoms with Crippen LogP contribution in [-0.4, -0.2) is 19.3 Å². The maximum atomic E-state index is 12.4. The molecule has 2 aromatic carbocycles. The highest BCUT2D eigenvalue weighted by Gasteiger charge is 2.17. The summed E-state index contributed by atoms with van der Waals surface area (Å²) in [6.07, 6.45) is 0. The zero-order chi connectivity index (χ0) is 19.0. The number of para-hydroxylation sites is 1. The molecule has 6 nitrogen and oxygen atoms in total. The van der Waals surface area contributed by atoms with Crippen LogP contribution in [0.1, 0.15) is 9.67 Å². The normalized spacial score (nSPS) is 11.7. The number of nitrogens with zero attached hydrogens (tertiary/aromatic N) is 1. The van der Waals surface area contributed by atoms with E-state index in [9.17, 15) is 13.2 Å². The fourth-order valence-corrected chi connectivity index (χ4v) is 4.42. The summed E-state index contributed by atoms with van der Waals surface area (Å²) in [6.45, 7) is 0. The monoisotopic (exact) mass is 417 g/mol. The highest BCUT2D eigenvalue weighted by molar-refractivity contribution is 7.89. The minimum atomic E-state index is -3.89. The minimum absolute atomic E-state index is 0.00328. The average molecular weight is 418 g/mol. The molecule has 2 heterocycles. The molecular weight excluding hydrogens is 406 g/mol. The molecule has 9 heteroatoms. The van der Waals surface area contributed by atoms with Crippen molar-refractivity contribution in [3.8, 4) is 0 Å². The number of fused-ring (bicyclic) bond motifs is 2. The van der Waals surface area contributed by atoms with Crippen LogP contribution in [0.25, 0.3) is 21.1 Å². The van der Waals surface area contributed by atoms with Gasteiger partial charge in [0.2, 0.25) is 0 Å². The minimum Gasteiger partial charge on any atom is -0.273 e. The molecule has 0 aliphatic heterocycles. The van der Waals surface area contributed by atoms with Crippen LogP contribution in [0.3, 0.4) is 0 Å². The second-order valence-corrected chi connectivity index (χ2v) is 8.85. The summed E-state index contributed by atoms with van der Waals surface area (Å²) in [4.78, 5) is 20.0. The SMILES string of the molecule is O=C(NNS(=O)(=O)c1ccc(Cl)cc1)c1cc2cc3ccccc3nc2s1. The van der Waals surface area contributed by atoms with Crippen molar-refractivity contribution in [2.24, 2.45) is 0 Å². The van der Waals surface area contributed by atoms with E-state index in [0.29, 0.717) is 14.7 Å². The molecule has 0 saturated carbocycles. The van der Waals surface area contributed by atoms with Crippen LogP contribution in [0.5, 0.6) is 0 Å². The molecule has 0 bridgehead atoms. The Balaban J connectivity index is 1.55. The summed E-state index contributed by atoms with van der Waals surface area (Å²) in [5.74, 6) is -0.556. The molecule has 0 atom stereocenters. The van der Waals surface area contributed by atoms with Gasteiger partial charge in [-0.1, -0.05) is 29.8 Å². The van der Waals surface area contributed by atoms with Crippen molar-refractivity contribution >= 4 is 60.0 Å². The zero-order valence-electron chi connectivity index (χ0n) is 13.6. The molecular formula is C18H12ClN3O3S2. The Morgan fingerprint density at radius 1 is 1.00 bits per heavy atom. The lowest BCUT2D eigenvalue weighted by Gasteiger charge is -2.07. The van der Waals surface area contributed by atoms with Gasteiger partial charge in [0.05, 0.1) is 15.3 Å². The van der Waals surface area contributed by atoms with Gasteiger partial charge in [-0.05, 0) is 42.5 Å². The second-order valence-electron chi connectivity index (χ2n) is 5.70. The lowest BCUT2D eigenvalue weighted by atomic mass is 10.2. The molecule has 2 N–H and O–H groups in total. The molecule has 4 rings (SSSR count). The molecule has 0 aliphatic carbocycles. The van der Waals surface area contributed by atoms with E-state index in [1.54, 1.807) is 6.07 Å². The number of hydrogen-bond donors (Lipinski definition) is 2. The fourth-order valence-electron chi connectivity index (χ4n) is 2.53. The van der Waals surface area contributed by atoms with Gasteiger partial charge < -0.3 is 0 Å². The van der Waals surface area contributed by atoms with Crippen LogP contribution in [0, 0.1) is 0 Å². The van der Waals surface area contributed by atoms with Crippen molar-refractivity contribution in [1.82, 2.24) is 15.2 Å². The van der Waals surface area contributed by atoms with Gasteiger partial charge in [-0.2, -0.15) is 0 Å². The molecule has 0 spiro atoms. The summed E-state index contributed by atoms with van der Waals surface area (Å²) in [6, 6.07) is 16.9. The van der Waals surface area contributed by atoms with Crippen molar-refractivity contribution in [3.05, 3.63) is 70.6 Å². The number of hydrazine groups is 1. The van der Waals surface area contributed by atoms with E-state index >= 15 is 0 Å². The predicted octanol–water partition coefficient (Wildman–Crippen LogP) is 3.73. The summed E-state index contributed by atoms with van der Waals surface area (Å²) in [5, 5.41) is 2.21. The number of carbonyl (C=O) groups excluding carboxylic acids is 1. The topological polar surface area (TPSA) is 88.2 Å². The third-order valence-corrected chi connectivity index (χ3v) is 6.42. The van der Waals surface area contributed by atoms with Gasteiger partial charge in [-0.25, -0.2) is 13.4 Å². The molecule has 4 aromatic rings. The number of sulfonamides is 1. The molecule has 0 radical (unpaired) electrons. The Morgan fingerprint density at radius 2 is 1.74 bits per heavy atom. The molecule has 2 aromatic heterocycles. The first-order valence-electron chi connectivity index (χ1n) is 7.79. The highest BCUT2D eigenvalue weighted by atomic mass is 35.5. The van der Waals surface area contributed by atoms with Crippen LogP contribution < -0.4 is 10.3 Å². The fraction of sp³-hybridized carbons (Fsp3) is 0. The predicted molar refractivity (Wildman–Crippen MR) is 106 cm³/mol. The number of carbonyl (C=O) groups is 1. The Hall–Kier alpha value is -2.52. The highest BCUT2D eigenvalue weighted by Crippen LogP contribution is 2.27. The maximum Gasteiger partial charge on any atom is 0.276 e. The largest absolute Gasteiger partial charge is 0.276 e. The first-order chi connectivity index (χ1) is 12.9. The number of halogens is 1. The van der Waals surface area contributed by atoms with E-state index in [2.05, 4.69) is 15.2 Å². The molecule has 0 aliphatic rings. The number of thiophene rings is 1. The van der Waals surface area contributed by atoms with Gasteiger partial charge in [-0.15, -0.1) is 16.2 Å². The van der Waals surface area contributed by atoms with E-state index < -0.39 is 15.9 Å². The van der Waals surface area contributed by atoms with Crippen molar-refractivity contribution < 1.29 is 13.2 Å². The Labute approximate surface area is 163 Å². The summed E-state index contributed by atoms with van der Waals surface area (Å²) in [7, 11) is -3.89. The number of aromatic nitrogens is 1. The first kappa shape index (κ1) is 17.9. The van der Waals surface area contributed by atoms with Crippen LogP contribution in [0.15, 0.2) is 65.6 Å². The number of hydrogen-bond acceptors (Lipinski definition) is 5. The Kier molecular flexibility index (Phi) is 4.56. The molecule has 136 valence electrons. The number of rotatable bonds is 4. The van der Waals surface area contributed by atoms with Gasteiger partial charge in [0.1, 0.15) is 4.83 Å². The lowest BCUT2D eigenvalue weighted by molar-refractivity contribution is 0.0949. The van der Waals surface area contributed by atoms with Gasteiger partial charge in [0.15, 0.2) is 0 Å². The average Bonchev–Trinajstić information content (AvgIpc) is 3.07. The third-order valence-electron chi connectivity index (χ3n) is 3.86. The van der Waals surface area contributed by atoms with Crippen LogP contribution in [0.4, 0.5) is 0 Å². The molecule has 27 heavy (non-hydrogen) atoms. The van der Waals surface area contributed by atoms with Gasteiger partial charge >= 0.3 is 0 Å². The lowest BCUT2D eigenvalue weighted by Crippen LogP contribution is -2.41. The number of amides is 1. The third kappa shape index (κ3) is 3.65. The number of benzene rings is 2. The van der Waals surface area contributed by atoms with E-state index in [1.165, 1.54) is 35.6 Å². The van der Waals surface area contributed by atoms with Gasteiger partial charge in [-0.3, -0.25) is 10.2 Å². The van der Waals surface area contributed by atoms with Crippen LogP contribution in [-0.2, 0) is 10.0 Å². The molecule has 1 amide bonds. The molecule has 0 fully saturated rings. The molecule has 0 unspecified atom stereocenters. The van der Waals surface area contributed by atoms with E-state index in [0.717, 1.165) is 16.3 Å². The maximum absolute atomic E-state index is 12.4. The molecule has 0 saturated heterocycles. The van der Waals surface area contributed by atoms with Gasteiger partial charge in [0.25, 0.3) is 15.9 Å². The standard InChI is InChI=1S/C18H12ClN3O3S2/c19-13-5-7-14(8-6-13)27(24,25)22-21-17(23)16-10-12-9-11-3-1-2-4-15(11)20-18(12)26-16/h1-10,22H,(H,21,23). The number of pyridine rings is 1. The summed E-state index contributed by atoms with van der Waals surface area (Å²) >= 11 is 6.95. The quantitative estimate of drug-likeness (QED) is 0.495. The number of nitrogens with one attached hydrogen (secondary N) is 2. The van der Waals surface area contributed by atoms with E-state index in [4.69, 9.17) is 11.6 Å². The zero-order valence-corrected chi connectivity index (χ0v) is 16.0. The Bertz CT molecular complexity index is 1220. The van der Waals surface area contributed by atoms with Crippen molar-refractivity contribution in [1.29, 1.82) is 0 Å².